The van der Waals surface area contributed by atoms with Gasteiger partial charge in [0.1, 0.15) is 22.9 Å². The van der Waals surface area contributed by atoms with Crippen LogP contribution in [0.15, 0.2) is 75.6 Å². The maximum atomic E-state index is 15.2. The molecule has 1 heterocycles. The number of nitrogens with zero attached hydrogens (tertiary/aromatic N) is 5. The van der Waals surface area contributed by atoms with Gasteiger partial charge in [-0.25, -0.2) is 17.8 Å². The molecule has 9 nitrogen and oxygen atoms in total. The lowest BCUT2D eigenvalue weighted by molar-refractivity contribution is 0.196. The molecule has 0 radical (unpaired) electrons. The molecular weight excluding hydrogens is 565 g/mol. The molecule has 3 atom stereocenters. The number of allylic oxidation sites excluding steroid dienone is 1. The summed E-state index contributed by atoms with van der Waals surface area (Å²) in [4.78, 5) is 8.88. The Balaban J connectivity index is 1.52. The molecule has 0 amide bonds. The normalized spacial score (nSPS) is 20.0. The monoisotopic (exact) mass is 599 g/mol. The molecule has 0 spiro atoms. The van der Waals surface area contributed by atoms with Crippen LogP contribution in [0.1, 0.15) is 37.7 Å². The van der Waals surface area contributed by atoms with Crippen molar-refractivity contribution in [3.8, 4) is 11.1 Å². The van der Waals surface area contributed by atoms with E-state index in [9.17, 15) is 8.42 Å². The lowest BCUT2D eigenvalue weighted by Gasteiger charge is -2.41. The molecule has 218 valence electrons. The van der Waals surface area contributed by atoms with E-state index in [4.69, 9.17) is 11.6 Å². The van der Waals surface area contributed by atoms with Crippen LogP contribution in [0.25, 0.3) is 11.1 Å². The number of aliphatic imine (C=N–C) groups is 2. The predicted octanol–water partition coefficient (Wildman–Crippen LogP) is 5.43. The van der Waals surface area contributed by atoms with Crippen LogP contribution < -0.4 is 10.0 Å². The Kier molecular flexibility index (Phi) is 9.62. The molecule has 1 fully saturated rings. The van der Waals surface area contributed by atoms with Crippen molar-refractivity contribution in [3.63, 3.8) is 0 Å². The summed E-state index contributed by atoms with van der Waals surface area (Å²) in [6.45, 7) is 4.85. The Morgan fingerprint density at radius 3 is 2.68 bits per heavy atom. The van der Waals surface area contributed by atoms with Gasteiger partial charge < -0.3 is 10.2 Å². The molecule has 0 saturated heterocycles. The molecule has 0 bridgehead atoms. The van der Waals surface area contributed by atoms with Gasteiger partial charge in [0.15, 0.2) is 0 Å². The van der Waals surface area contributed by atoms with Crippen LogP contribution in [-0.4, -0.2) is 62.3 Å². The number of nitrogens with one attached hydrogen (secondary N) is 2. The summed E-state index contributed by atoms with van der Waals surface area (Å²) in [6.07, 6.45) is 9.02. The minimum Gasteiger partial charge on any atom is -0.379 e. The van der Waals surface area contributed by atoms with Gasteiger partial charge in [0, 0.05) is 30.9 Å². The second-order valence-corrected chi connectivity index (χ2v) is 12.3. The van der Waals surface area contributed by atoms with Crippen molar-refractivity contribution in [2.45, 2.75) is 49.1 Å². The van der Waals surface area contributed by atoms with Gasteiger partial charge in [-0.2, -0.15) is 5.10 Å². The van der Waals surface area contributed by atoms with E-state index in [1.165, 1.54) is 11.6 Å². The van der Waals surface area contributed by atoms with Gasteiger partial charge in [-0.05, 0) is 82.3 Å². The van der Waals surface area contributed by atoms with Crippen LogP contribution in [0, 0.1) is 5.82 Å². The van der Waals surface area contributed by atoms with E-state index in [0.717, 1.165) is 48.9 Å². The molecule has 1 aromatic heterocycles. The fourth-order valence-electron chi connectivity index (χ4n) is 5.23. The van der Waals surface area contributed by atoms with Crippen LogP contribution in [0.5, 0.6) is 0 Å². The van der Waals surface area contributed by atoms with E-state index in [2.05, 4.69) is 61.0 Å². The van der Waals surface area contributed by atoms with Crippen molar-refractivity contribution in [3.05, 3.63) is 77.1 Å². The third-order valence-corrected chi connectivity index (χ3v) is 9.00. The minimum atomic E-state index is -4.28. The highest BCUT2D eigenvalue weighted by Gasteiger charge is 2.33. The minimum absolute atomic E-state index is 0.0180. The highest BCUT2D eigenvalue weighted by atomic mass is 35.5. The summed E-state index contributed by atoms with van der Waals surface area (Å²) in [5.41, 5.74) is 3.83. The molecule has 4 rings (SSSR count). The van der Waals surface area contributed by atoms with Crippen LogP contribution >= 0.6 is 11.6 Å². The van der Waals surface area contributed by atoms with Crippen molar-refractivity contribution >= 4 is 40.4 Å². The zero-order valence-corrected chi connectivity index (χ0v) is 25.1. The van der Waals surface area contributed by atoms with Crippen molar-refractivity contribution in [2.75, 3.05) is 19.4 Å². The largest absolute Gasteiger partial charge is 0.379 e. The Labute approximate surface area is 245 Å². The smallest absolute Gasteiger partial charge is 0.266 e. The molecule has 3 aromatic rings. The Hall–Kier alpha value is -3.54. The molecule has 12 heteroatoms. The van der Waals surface area contributed by atoms with E-state index >= 15 is 4.39 Å². The first-order valence-corrected chi connectivity index (χ1v) is 15.1. The molecule has 2 N–H and O–H groups in total. The summed E-state index contributed by atoms with van der Waals surface area (Å²) in [7, 11) is 1.68. The molecule has 41 heavy (non-hydrogen) atoms. The van der Waals surface area contributed by atoms with Gasteiger partial charge in [-0.1, -0.05) is 35.9 Å². The zero-order valence-electron chi connectivity index (χ0n) is 23.6. The third kappa shape index (κ3) is 7.22. The zero-order chi connectivity index (χ0) is 29.7. The molecule has 1 saturated carbocycles. The van der Waals surface area contributed by atoms with Crippen LogP contribution in [0.3, 0.4) is 0 Å². The highest BCUT2D eigenvalue weighted by Crippen LogP contribution is 2.38. The molecule has 0 unspecified atom stereocenters. The first-order chi connectivity index (χ1) is 19.5. The molecular formula is C29H35ClFN7O2S. The number of aromatic nitrogens is 2. The Morgan fingerprint density at radius 1 is 1.24 bits per heavy atom. The Morgan fingerprint density at radius 2 is 2.02 bits per heavy atom. The first kappa shape index (κ1) is 30.4. The van der Waals surface area contributed by atoms with Crippen molar-refractivity contribution in [1.82, 2.24) is 19.4 Å². The van der Waals surface area contributed by atoms with E-state index in [0.29, 0.717) is 11.6 Å². The summed E-state index contributed by atoms with van der Waals surface area (Å²) in [5, 5.41) is 7.80. The van der Waals surface area contributed by atoms with E-state index in [1.807, 2.05) is 33.5 Å². The summed E-state index contributed by atoms with van der Waals surface area (Å²) >= 11 is 6.50. The van der Waals surface area contributed by atoms with Crippen molar-refractivity contribution < 1.29 is 12.8 Å². The number of likely N-dealkylation sites (N-methyl/N-ethyl adjacent to an activating group) is 1. The second kappa shape index (κ2) is 13.0. The molecule has 0 aliphatic heterocycles. The molecule has 1 aliphatic rings. The average molecular weight is 600 g/mol. The fourth-order valence-corrected chi connectivity index (χ4v) is 6.66. The van der Waals surface area contributed by atoms with Gasteiger partial charge in [0.2, 0.25) is 0 Å². The van der Waals surface area contributed by atoms with E-state index < -0.39 is 20.7 Å². The lowest BCUT2D eigenvalue weighted by Crippen LogP contribution is -2.47. The van der Waals surface area contributed by atoms with Gasteiger partial charge in [0.25, 0.3) is 10.0 Å². The number of sulfonamides is 1. The third-order valence-electron chi connectivity index (χ3n) is 7.32. The maximum Gasteiger partial charge on any atom is 0.266 e. The van der Waals surface area contributed by atoms with Crippen LogP contribution in [0.2, 0.25) is 5.02 Å². The predicted molar refractivity (Wildman–Crippen MR) is 164 cm³/mol. The second-order valence-electron chi connectivity index (χ2n) is 10.3. The number of aryl methyl sites for hydroxylation is 1. The summed E-state index contributed by atoms with van der Waals surface area (Å²) < 4.78 is 44.9. The number of hydrogen-bond donors (Lipinski definition) is 2. The van der Waals surface area contributed by atoms with Crippen LogP contribution in [-0.2, 0) is 17.1 Å². The van der Waals surface area contributed by atoms with Gasteiger partial charge in [-0.15, -0.1) is 0 Å². The number of anilines is 1. The number of halogens is 2. The first-order valence-electron chi connectivity index (χ1n) is 13.2. The van der Waals surface area contributed by atoms with Crippen LogP contribution in [0.4, 0.5) is 10.1 Å². The Bertz CT molecular complexity index is 1570. The lowest BCUT2D eigenvalue weighted by atomic mass is 9.77. The molecule has 2 aromatic carbocycles. The van der Waals surface area contributed by atoms with Crippen molar-refractivity contribution in [2.24, 2.45) is 17.0 Å². The van der Waals surface area contributed by atoms with E-state index in [1.54, 1.807) is 11.6 Å². The highest BCUT2D eigenvalue weighted by molar-refractivity contribution is 7.89. The fraction of sp³-hybridized carbons (Fsp3) is 0.345. The number of rotatable bonds is 10. The van der Waals surface area contributed by atoms with Crippen molar-refractivity contribution in [1.29, 1.82) is 0 Å². The summed E-state index contributed by atoms with van der Waals surface area (Å²) in [6, 6.07) is 11.0. The molecule has 1 aliphatic carbocycles. The summed E-state index contributed by atoms with van der Waals surface area (Å²) in [5.74, 6) is -0.595. The topological polar surface area (TPSA) is 104 Å². The average Bonchev–Trinajstić information content (AvgIpc) is 3.39. The van der Waals surface area contributed by atoms with Gasteiger partial charge in [-0.3, -0.25) is 14.4 Å². The standard InChI is InChI=1S/C29H35ClFN7O2S/c1-6-29(33-18-32-2)36-41(39,40)28-14-23(30)26(15-24(28)31)35-25-11-10-21(13-27(25)37(3)4)19-8-7-9-20(12-19)22-16-34-38(5)17-22/h6-9,12,14-18,21,25,27,35-36H,2,10-11,13H2,1,3-5H3/b29-6+,33-18-/t21-,25-,27-/m0/s1. The number of benzene rings is 2. The van der Waals surface area contributed by atoms with Gasteiger partial charge in [0.05, 0.1) is 16.9 Å². The SMILES string of the molecule is C=N/C=N\C(=C/C)NS(=O)(=O)c1cc(Cl)c(N[C@H]2CC[C@H](c3cccc(-c4cnn(C)c4)c3)C[C@@H]2N(C)C)cc1F. The quantitative estimate of drug-likeness (QED) is 0.239. The maximum absolute atomic E-state index is 15.2. The van der Waals surface area contributed by atoms with Gasteiger partial charge >= 0.3 is 0 Å². The van der Waals surface area contributed by atoms with E-state index in [-0.39, 0.29) is 22.9 Å². The number of hydrogen-bond acceptors (Lipinski definition) is 6.